The number of rotatable bonds is 4. The quantitative estimate of drug-likeness (QED) is 0.803. The molecule has 0 aliphatic rings. The standard InChI is InChI=1S/C16H11F2N3O2/c17-12-7-6-11(9-13(12)18)19-15(22)16-21-20-14(23-16)8-10-4-2-1-3-5-10/h1-7,9H,8H2,(H,19,22). The summed E-state index contributed by atoms with van der Waals surface area (Å²) in [6, 6.07) is 12.4. The number of nitrogens with zero attached hydrogens (tertiary/aromatic N) is 2. The van der Waals surface area contributed by atoms with Gasteiger partial charge in [0.25, 0.3) is 0 Å². The summed E-state index contributed by atoms with van der Waals surface area (Å²) >= 11 is 0. The molecular formula is C16H11F2N3O2. The molecule has 7 heteroatoms. The fraction of sp³-hybridized carbons (Fsp3) is 0.0625. The molecule has 0 fully saturated rings. The summed E-state index contributed by atoms with van der Waals surface area (Å²) in [7, 11) is 0. The van der Waals surface area contributed by atoms with Gasteiger partial charge < -0.3 is 9.73 Å². The van der Waals surface area contributed by atoms with Crippen LogP contribution in [0.4, 0.5) is 14.5 Å². The van der Waals surface area contributed by atoms with Gasteiger partial charge in [0.2, 0.25) is 5.89 Å². The van der Waals surface area contributed by atoms with Gasteiger partial charge >= 0.3 is 11.8 Å². The van der Waals surface area contributed by atoms with Crippen molar-refractivity contribution in [2.45, 2.75) is 6.42 Å². The van der Waals surface area contributed by atoms with Crippen LogP contribution in [0.1, 0.15) is 22.1 Å². The molecule has 3 rings (SSSR count). The zero-order chi connectivity index (χ0) is 16.2. The van der Waals surface area contributed by atoms with E-state index in [-0.39, 0.29) is 17.5 Å². The van der Waals surface area contributed by atoms with Crippen LogP contribution in [0.25, 0.3) is 0 Å². The second-order valence-corrected chi connectivity index (χ2v) is 4.75. The Hall–Kier alpha value is -3.09. The molecule has 3 aromatic rings. The Morgan fingerprint density at radius 1 is 1.04 bits per heavy atom. The van der Waals surface area contributed by atoms with E-state index in [0.717, 1.165) is 17.7 Å². The van der Waals surface area contributed by atoms with Crippen LogP contribution in [0.2, 0.25) is 0 Å². The first kappa shape index (κ1) is 14.8. The molecule has 0 spiro atoms. The van der Waals surface area contributed by atoms with Crippen molar-refractivity contribution in [1.29, 1.82) is 0 Å². The van der Waals surface area contributed by atoms with Crippen LogP contribution in [0.15, 0.2) is 52.9 Å². The first-order chi connectivity index (χ1) is 11.1. The Bertz CT molecular complexity index is 834. The van der Waals surface area contributed by atoms with Crippen molar-refractivity contribution in [3.8, 4) is 0 Å². The van der Waals surface area contributed by atoms with Gasteiger partial charge in [-0.1, -0.05) is 30.3 Å². The van der Waals surface area contributed by atoms with E-state index >= 15 is 0 Å². The molecule has 0 aliphatic heterocycles. The number of nitrogens with one attached hydrogen (secondary N) is 1. The number of anilines is 1. The molecule has 1 amide bonds. The maximum Gasteiger partial charge on any atom is 0.313 e. The minimum atomic E-state index is -1.06. The predicted molar refractivity (Wildman–Crippen MR) is 77.9 cm³/mol. The number of hydrogen-bond acceptors (Lipinski definition) is 4. The molecule has 0 aliphatic carbocycles. The summed E-state index contributed by atoms with van der Waals surface area (Å²) in [6.07, 6.45) is 0.395. The summed E-state index contributed by atoms with van der Waals surface area (Å²) in [5.41, 5.74) is 1.06. The first-order valence-corrected chi connectivity index (χ1v) is 6.74. The summed E-state index contributed by atoms with van der Waals surface area (Å²) in [4.78, 5) is 12.0. The minimum absolute atomic E-state index is 0.0942. The van der Waals surface area contributed by atoms with Gasteiger partial charge in [-0.2, -0.15) is 0 Å². The highest BCUT2D eigenvalue weighted by atomic mass is 19.2. The fourth-order valence-corrected chi connectivity index (χ4v) is 1.95. The summed E-state index contributed by atoms with van der Waals surface area (Å²) in [6.45, 7) is 0. The van der Waals surface area contributed by atoms with Gasteiger partial charge in [0, 0.05) is 11.8 Å². The second-order valence-electron chi connectivity index (χ2n) is 4.75. The normalized spacial score (nSPS) is 10.5. The Morgan fingerprint density at radius 2 is 1.83 bits per heavy atom. The monoisotopic (exact) mass is 315 g/mol. The molecule has 0 unspecified atom stereocenters. The van der Waals surface area contributed by atoms with E-state index in [9.17, 15) is 13.6 Å². The van der Waals surface area contributed by atoms with Gasteiger partial charge in [-0.05, 0) is 17.7 Å². The molecule has 5 nitrogen and oxygen atoms in total. The molecule has 0 saturated carbocycles. The third-order valence-corrected chi connectivity index (χ3v) is 3.04. The number of carbonyl (C=O) groups excluding carboxylic acids is 1. The van der Waals surface area contributed by atoms with Gasteiger partial charge in [-0.25, -0.2) is 8.78 Å². The van der Waals surface area contributed by atoms with Crippen molar-refractivity contribution < 1.29 is 18.0 Å². The highest BCUT2D eigenvalue weighted by Gasteiger charge is 2.16. The van der Waals surface area contributed by atoms with Crippen molar-refractivity contribution in [3.05, 3.63) is 77.5 Å². The predicted octanol–water partition coefficient (Wildman–Crippen LogP) is 3.19. The summed E-state index contributed by atoms with van der Waals surface area (Å²) in [5.74, 6) is -2.71. The van der Waals surface area contributed by atoms with Crippen molar-refractivity contribution >= 4 is 11.6 Å². The Kier molecular flexibility index (Phi) is 4.09. The lowest BCUT2D eigenvalue weighted by Crippen LogP contribution is -2.12. The third kappa shape index (κ3) is 3.57. The van der Waals surface area contributed by atoms with Gasteiger partial charge in [-0.15, -0.1) is 10.2 Å². The molecule has 0 atom stereocenters. The number of halogens is 2. The molecule has 0 saturated heterocycles. The van der Waals surface area contributed by atoms with Crippen LogP contribution in [-0.2, 0) is 6.42 Å². The van der Waals surface area contributed by atoms with Crippen molar-refractivity contribution in [2.24, 2.45) is 0 Å². The van der Waals surface area contributed by atoms with Gasteiger partial charge in [0.15, 0.2) is 11.6 Å². The van der Waals surface area contributed by atoms with Crippen LogP contribution < -0.4 is 5.32 Å². The lowest BCUT2D eigenvalue weighted by atomic mass is 10.2. The molecule has 1 N–H and O–H groups in total. The molecule has 2 aromatic carbocycles. The lowest BCUT2D eigenvalue weighted by Gasteiger charge is -2.02. The van der Waals surface area contributed by atoms with Crippen LogP contribution in [0.5, 0.6) is 0 Å². The maximum absolute atomic E-state index is 13.1. The van der Waals surface area contributed by atoms with E-state index in [2.05, 4.69) is 15.5 Å². The lowest BCUT2D eigenvalue weighted by molar-refractivity contribution is 0.0988. The first-order valence-electron chi connectivity index (χ1n) is 6.74. The van der Waals surface area contributed by atoms with Crippen LogP contribution in [0, 0.1) is 11.6 Å². The number of carbonyl (C=O) groups is 1. The number of hydrogen-bond donors (Lipinski definition) is 1. The van der Waals surface area contributed by atoms with Crippen molar-refractivity contribution in [3.63, 3.8) is 0 Å². The zero-order valence-corrected chi connectivity index (χ0v) is 11.8. The van der Waals surface area contributed by atoms with Crippen LogP contribution in [0.3, 0.4) is 0 Å². The fourth-order valence-electron chi connectivity index (χ4n) is 1.95. The molecule has 23 heavy (non-hydrogen) atoms. The number of amides is 1. The van der Waals surface area contributed by atoms with Gasteiger partial charge in [-0.3, -0.25) is 4.79 Å². The smallest absolute Gasteiger partial charge is 0.313 e. The average molecular weight is 315 g/mol. The van der Waals surface area contributed by atoms with Crippen molar-refractivity contribution in [1.82, 2.24) is 10.2 Å². The van der Waals surface area contributed by atoms with E-state index in [4.69, 9.17) is 4.42 Å². The highest BCUT2D eigenvalue weighted by Crippen LogP contribution is 2.14. The average Bonchev–Trinajstić information content (AvgIpc) is 3.00. The third-order valence-electron chi connectivity index (χ3n) is 3.04. The van der Waals surface area contributed by atoms with E-state index in [0.29, 0.717) is 6.42 Å². The Labute approximate surface area is 130 Å². The van der Waals surface area contributed by atoms with Crippen molar-refractivity contribution in [2.75, 3.05) is 5.32 Å². The van der Waals surface area contributed by atoms with E-state index < -0.39 is 17.5 Å². The maximum atomic E-state index is 13.1. The summed E-state index contributed by atoms with van der Waals surface area (Å²) < 4.78 is 31.2. The molecular weight excluding hydrogens is 304 g/mol. The zero-order valence-electron chi connectivity index (χ0n) is 11.8. The minimum Gasteiger partial charge on any atom is -0.417 e. The topological polar surface area (TPSA) is 68.0 Å². The molecule has 116 valence electrons. The SMILES string of the molecule is O=C(Nc1ccc(F)c(F)c1)c1nnc(Cc2ccccc2)o1. The molecule has 0 radical (unpaired) electrons. The Morgan fingerprint density at radius 3 is 2.57 bits per heavy atom. The largest absolute Gasteiger partial charge is 0.417 e. The Balaban J connectivity index is 1.69. The number of aromatic nitrogens is 2. The van der Waals surface area contributed by atoms with E-state index in [1.807, 2.05) is 30.3 Å². The van der Waals surface area contributed by atoms with E-state index in [1.54, 1.807) is 0 Å². The second kappa shape index (κ2) is 6.35. The molecule has 1 aromatic heterocycles. The molecule has 0 bridgehead atoms. The van der Waals surface area contributed by atoms with Crippen LogP contribution in [-0.4, -0.2) is 16.1 Å². The van der Waals surface area contributed by atoms with Gasteiger partial charge in [0.1, 0.15) is 0 Å². The van der Waals surface area contributed by atoms with E-state index in [1.165, 1.54) is 6.07 Å². The molecule has 1 heterocycles. The highest BCUT2D eigenvalue weighted by molar-refractivity contribution is 6.00. The summed E-state index contributed by atoms with van der Waals surface area (Å²) in [5, 5.41) is 9.81. The van der Waals surface area contributed by atoms with Crippen LogP contribution >= 0.6 is 0 Å². The number of benzene rings is 2. The van der Waals surface area contributed by atoms with Gasteiger partial charge in [0.05, 0.1) is 6.42 Å².